The summed E-state index contributed by atoms with van der Waals surface area (Å²) in [6.45, 7) is 3.95. The molecule has 0 spiro atoms. The summed E-state index contributed by atoms with van der Waals surface area (Å²) in [4.78, 5) is 26.6. The molecule has 0 aliphatic rings. The molecular formula is C28H24N2O2S2. The smallest absolute Gasteiger partial charge is 0.248 e. The summed E-state index contributed by atoms with van der Waals surface area (Å²) >= 11 is 3.18. The van der Waals surface area contributed by atoms with Gasteiger partial charge in [0.1, 0.15) is 0 Å². The number of anilines is 2. The highest BCUT2D eigenvalue weighted by molar-refractivity contribution is 7.11. The van der Waals surface area contributed by atoms with Crippen molar-refractivity contribution in [2.45, 2.75) is 13.8 Å². The van der Waals surface area contributed by atoms with Gasteiger partial charge >= 0.3 is 0 Å². The van der Waals surface area contributed by atoms with Gasteiger partial charge < -0.3 is 10.6 Å². The second-order valence-electron chi connectivity index (χ2n) is 7.74. The number of rotatable bonds is 7. The van der Waals surface area contributed by atoms with E-state index in [0.717, 1.165) is 43.4 Å². The van der Waals surface area contributed by atoms with Crippen LogP contribution in [0.1, 0.15) is 20.9 Å². The number of aryl methyl sites for hydroxylation is 2. The Labute approximate surface area is 207 Å². The zero-order valence-electron chi connectivity index (χ0n) is 18.9. The molecular weight excluding hydrogens is 460 g/mol. The first-order valence-corrected chi connectivity index (χ1v) is 12.5. The summed E-state index contributed by atoms with van der Waals surface area (Å²) in [6, 6.07) is 19.8. The lowest BCUT2D eigenvalue weighted by Crippen LogP contribution is -2.09. The molecule has 2 aromatic heterocycles. The second-order valence-corrected chi connectivity index (χ2v) is 9.69. The molecule has 6 heteroatoms. The molecule has 0 bridgehead atoms. The van der Waals surface area contributed by atoms with Crippen LogP contribution in [0.5, 0.6) is 0 Å². The molecule has 2 N–H and O–H groups in total. The Morgan fingerprint density at radius 3 is 1.47 bits per heavy atom. The van der Waals surface area contributed by atoms with Crippen molar-refractivity contribution < 1.29 is 9.59 Å². The Morgan fingerprint density at radius 1 is 0.676 bits per heavy atom. The van der Waals surface area contributed by atoms with Crippen LogP contribution in [0.4, 0.5) is 11.4 Å². The van der Waals surface area contributed by atoms with E-state index in [1.165, 1.54) is 0 Å². The van der Waals surface area contributed by atoms with Crippen LogP contribution in [-0.2, 0) is 9.59 Å². The minimum absolute atomic E-state index is 0.159. The standard InChI is InChI=1S/C28H24N2O2S2/c1-19-17-21(7-11-25(19)29-27(31)13-9-23-5-3-15-33-23)22-8-12-26(20(2)18-22)30-28(32)14-10-24-6-4-16-34-24/h3-18H,1-2H3,(H,29,31)(H,30,32)/b13-9+,14-10+. The van der Waals surface area contributed by atoms with E-state index in [4.69, 9.17) is 0 Å². The van der Waals surface area contributed by atoms with E-state index in [9.17, 15) is 9.59 Å². The molecule has 4 aromatic rings. The Balaban J connectivity index is 1.41. The molecule has 170 valence electrons. The van der Waals surface area contributed by atoms with Crippen molar-refractivity contribution in [3.05, 3.63) is 104 Å². The molecule has 0 unspecified atom stereocenters. The van der Waals surface area contributed by atoms with Crippen molar-refractivity contribution >= 4 is 58.0 Å². The molecule has 4 rings (SSSR count). The fraction of sp³-hybridized carbons (Fsp3) is 0.0714. The maximum absolute atomic E-state index is 12.3. The molecule has 2 heterocycles. The third-order valence-electron chi connectivity index (χ3n) is 5.19. The Kier molecular flexibility index (Phi) is 7.52. The molecule has 0 saturated heterocycles. The molecule has 2 aromatic carbocycles. The summed E-state index contributed by atoms with van der Waals surface area (Å²) in [5.74, 6) is -0.318. The first kappa shape index (κ1) is 23.4. The van der Waals surface area contributed by atoms with Crippen molar-refractivity contribution in [1.29, 1.82) is 0 Å². The molecule has 0 saturated carbocycles. The lowest BCUT2D eigenvalue weighted by atomic mass is 10.00. The van der Waals surface area contributed by atoms with E-state index >= 15 is 0 Å². The highest BCUT2D eigenvalue weighted by atomic mass is 32.1. The maximum atomic E-state index is 12.3. The summed E-state index contributed by atoms with van der Waals surface area (Å²) in [5, 5.41) is 9.84. The molecule has 0 radical (unpaired) electrons. The van der Waals surface area contributed by atoms with Crippen molar-refractivity contribution in [3.63, 3.8) is 0 Å². The van der Waals surface area contributed by atoms with Crippen LogP contribution in [0.3, 0.4) is 0 Å². The third kappa shape index (κ3) is 6.19. The van der Waals surface area contributed by atoms with Crippen LogP contribution in [-0.4, -0.2) is 11.8 Å². The zero-order chi connectivity index (χ0) is 23.9. The molecule has 2 amide bonds. The Bertz CT molecular complexity index is 1250. The Morgan fingerprint density at radius 2 is 1.12 bits per heavy atom. The normalized spacial score (nSPS) is 11.2. The molecule has 0 aliphatic carbocycles. The van der Waals surface area contributed by atoms with Gasteiger partial charge in [-0.2, -0.15) is 0 Å². The number of nitrogens with one attached hydrogen (secondary N) is 2. The number of amides is 2. The number of benzene rings is 2. The maximum Gasteiger partial charge on any atom is 0.248 e. The molecule has 0 atom stereocenters. The minimum Gasteiger partial charge on any atom is -0.322 e. The van der Waals surface area contributed by atoms with Crippen LogP contribution in [0.2, 0.25) is 0 Å². The number of carbonyl (C=O) groups excluding carboxylic acids is 2. The van der Waals surface area contributed by atoms with Crippen LogP contribution < -0.4 is 10.6 Å². The molecule has 4 nitrogen and oxygen atoms in total. The zero-order valence-corrected chi connectivity index (χ0v) is 20.5. The van der Waals surface area contributed by atoms with Crippen molar-refractivity contribution in [2.24, 2.45) is 0 Å². The monoisotopic (exact) mass is 484 g/mol. The lowest BCUT2D eigenvalue weighted by molar-refractivity contribution is -0.112. The van der Waals surface area contributed by atoms with Gasteiger partial charge in [0.15, 0.2) is 0 Å². The molecule has 34 heavy (non-hydrogen) atoms. The SMILES string of the molecule is Cc1cc(-c2ccc(NC(=O)/C=C/c3cccs3)c(C)c2)ccc1NC(=O)/C=C/c1cccs1. The van der Waals surface area contributed by atoms with Crippen LogP contribution in [0.15, 0.2) is 83.6 Å². The van der Waals surface area contributed by atoms with Gasteiger partial charge in [0.05, 0.1) is 0 Å². The van der Waals surface area contributed by atoms with Crippen LogP contribution in [0.25, 0.3) is 23.3 Å². The quantitative estimate of drug-likeness (QED) is 0.269. The summed E-state index contributed by atoms with van der Waals surface area (Å²) in [5.41, 5.74) is 5.60. The highest BCUT2D eigenvalue weighted by Gasteiger charge is 2.08. The van der Waals surface area contributed by atoms with Crippen molar-refractivity contribution in [3.8, 4) is 11.1 Å². The van der Waals surface area contributed by atoms with Gasteiger partial charge in [-0.15, -0.1) is 22.7 Å². The fourth-order valence-electron chi connectivity index (χ4n) is 3.40. The van der Waals surface area contributed by atoms with E-state index in [1.54, 1.807) is 34.8 Å². The topological polar surface area (TPSA) is 58.2 Å². The summed E-state index contributed by atoms with van der Waals surface area (Å²) in [6.07, 6.45) is 6.71. The van der Waals surface area contributed by atoms with Gasteiger partial charge in [-0.05, 0) is 95.4 Å². The predicted molar refractivity (Wildman–Crippen MR) is 145 cm³/mol. The number of thiophene rings is 2. The first-order valence-electron chi connectivity index (χ1n) is 10.7. The van der Waals surface area contributed by atoms with Gasteiger partial charge in [-0.25, -0.2) is 0 Å². The summed E-state index contributed by atoms with van der Waals surface area (Å²) in [7, 11) is 0. The van der Waals surface area contributed by atoms with Crippen LogP contribution >= 0.6 is 22.7 Å². The van der Waals surface area contributed by atoms with Gasteiger partial charge in [-0.3, -0.25) is 9.59 Å². The number of carbonyl (C=O) groups is 2. The largest absolute Gasteiger partial charge is 0.322 e. The minimum atomic E-state index is -0.159. The average Bonchev–Trinajstić information content (AvgIpc) is 3.53. The lowest BCUT2D eigenvalue weighted by Gasteiger charge is -2.12. The van der Waals surface area contributed by atoms with E-state index in [0.29, 0.717) is 0 Å². The average molecular weight is 485 g/mol. The van der Waals surface area contributed by atoms with Gasteiger partial charge in [0.2, 0.25) is 11.8 Å². The van der Waals surface area contributed by atoms with Gasteiger partial charge in [0, 0.05) is 33.3 Å². The number of hydrogen-bond acceptors (Lipinski definition) is 4. The van der Waals surface area contributed by atoms with Crippen molar-refractivity contribution in [2.75, 3.05) is 10.6 Å². The third-order valence-corrected chi connectivity index (χ3v) is 6.86. The molecule has 0 fully saturated rings. The van der Waals surface area contributed by atoms with Crippen LogP contribution in [0, 0.1) is 13.8 Å². The molecule has 0 aliphatic heterocycles. The Hall–Kier alpha value is -3.74. The van der Waals surface area contributed by atoms with E-state index in [-0.39, 0.29) is 11.8 Å². The number of hydrogen-bond donors (Lipinski definition) is 2. The van der Waals surface area contributed by atoms with Gasteiger partial charge in [-0.1, -0.05) is 24.3 Å². The van der Waals surface area contributed by atoms with Crippen molar-refractivity contribution in [1.82, 2.24) is 0 Å². The summed E-state index contributed by atoms with van der Waals surface area (Å²) < 4.78 is 0. The van der Waals surface area contributed by atoms with E-state index < -0.39 is 0 Å². The fourth-order valence-corrected chi connectivity index (χ4v) is 4.64. The van der Waals surface area contributed by atoms with Gasteiger partial charge in [0.25, 0.3) is 0 Å². The highest BCUT2D eigenvalue weighted by Crippen LogP contribution is 2.28. The predicted octanol–water partition coefficient (Wildman–Crippen LogP) is 7.40. The van der Waals surface area contributed by atoms with E-state index in [2.05, 4.69) is 22.8 Å². The van der Waals surface area contributed by atoms with E-state index in [1.807, 2.05) is 85.3 Å². The first-order chi connectivity index (χ1) is 16.5. The second kappa shape index (κ2) is 10.9.